The number of nitrogens with zero attached hydrogens (tertiary/aromatic N) is 3. The Labute approximate surface area is 176 Å². The summed E-state index contributed by atoms with van der Waals surface area (Å²) in [6.45, 7) is 7.05. The highest BCUT2D eigenvalue weighted by atomic mass is 16.5. The summed E-state index contributed by atoms with van der Waals surface area (Å²) in [5.41, 5.74) is 4.22. The van der Waals surface area contributed by atoms with Gasteiger partial charge in [-0.2, -0.15) is 4.98 Å². The molecule has 1 aliphatic rings. The van der Waals surface area contributed by atoms with E-state index < -0.39 is 0 Å². The summed E-state index contributed by atoms with van der Waals surface area (Å²) in [5, 5.41) is 13.3. The molecule has 0 unspecified atom stereocenters. The number of hydrogen-bond acceptors (Lipinski definition) is 7. The van der Waals surface area contributed by atoms with Crippen LogP contribution in [0.4, 0.5) is 5.69 Å². The SMILES string of the molecule is CCOc1ccc(-c2nc(-c3ccc4c(c3)CCN4CCCO)no2)cc1OCC. The Morgan fingerprint density at radius 3 is 2.63 bits per heavy atom. The fraction of sp³-hybridized carbons (Fsp3) is 0.391. The van der Waals surface area contributed by atoms with Crippen LogP contribution in [0.2, 0.25) is 0 Å². The van der Waals surface area contributed by atoms with Crippen LogP contribution < -0.4 is 14.4 Å². The fourth-order valence-electron chi connectivity index (χ4n) is 3.75. The lowest BCUT2D eigenvalue weighted by molar-refractivity contribution is 0.288. The van der Waals surface area contributed by atoms with E-state index in [1.165, 1.54) is 11.3 Å². The van der Waals surface area contributed by atoms with Crippen LogP contribution in [-0.2, 0) is 6.42 Å². The number of benzene rings is 2. The van der Waals surface area contributed by atoms with Gasteiger partial charge in [-0.3, -0.25) is 0 Å². The smallest absolute Gasteiger partial charge is 0.258 e. The van der Waals surface area contributed by atoms with E-state index in [9.17, 15) is 0 Å². The lowest BCUT2D eigenvalue weighted by Gasteiger charge is -2.18. The molecule has 158 valence electrons. The van der Waals surface area contributed by atoms with E-state index in [0.29, 0.717) is 36.4 Å². The molecule has 3 aromatic rings. The van der Waals surface area contributed by atoms with E-state index >= 15 is 0 Å². The van der Waals surface area contributed by atoms with E-state index in [2.05, 4.69) is 27.2 Å². The minimum atomic E-state index is 0.214. The summed E-state index contributed by atoms with van der Waals surface area (Å²) in [7, 11) is 0. The van der Waals surface area contributed by atoms with Crippen molar-refractivity contribution in [3.05, 3.63) is 42.0 Å². The van der Waals surface area contributed by atoms with E-state index in [-0.39, 0.29) is 6.61 Å². The maximum atomic E-state index is 9.08. The van der Waals surface area contributed by atoms with Gasteiger partial charge in [0, 0.05) is 36.5 Å². The Balaban J connectivity index is 1.57. The summed E-state index contributed by atoms with van der Waals surface area (Å²) in [6, 6.07) is 11.9. The Morgan fingerprint density at radius 1 is 1.03 bits per heavy atom. The van der Waals surface area contributed by atoms with Crippen LogP contribution >= 0.6 is 0 Å². The van der Waals surface area contributed by atoms with Gasteiger partial charge in [-0.25, -0.2) is 0 Å². The molecule has 1 aromatic heterocycles. The molecule has 7 nitrogen and oxygen atoms in total. The van der Waals surface area contributed by atoms with Crippen LogP contribution in [0.25, 0.3) is 22.8 Å². The van der Waals surface area contributed by atoms with Gasteiger partial charge in [0.25, 0.3) is 5.89 Å². The van der Waals surface area contributed by atoms with E-state index in [1.54, 1.807) is 0 Å². The van der Waals surface area contributed by atoms with E-state index in [1.807, 2.05) is 38.1 Å². The molecule has 30 heavy (non-hydrogen) atoms. The zero-order valence-electron chi connectivity index (χ0n) is 17.4. The van der Waals surface area contributed by atoms with Crippen molar-refractivity contribution in [3.63, 3.8) is 0 Å². The third-order valence-electron chi connectivity index (χ3n) is 5.13. The molecule has 1 N–H and O–H groups in total. The number of hydrogen-bond donors (Lipinski definition) is 1. The van der Waals surface area contributed by atoms with Crippen molar-refractivity contribution < 1.29 is 19.1 Å². The van der Waals surface area contributed by atoms with Crippen LogP contribution in [0.1, 0.15) is 25.8 Å². The Kier molecular flexibility index (Phi) is 6.18. The summed E-state index contributed by atoms with van der Waals surface area (Å²) in [6.07, 6.45) is 1.76. The average molecular weight is 409 g/mol. The summed E-state index contributed by atoms with van der Waals surface area (Å²) in [4.78, 5) is 6.91. The number of anilines is 1. The molecule has 0 saturated heterocycles. The first-order chi connectivity index (χ1) is 14.7. The molecule has 1 aliphatic heterocycles. The van der Waals surface area contributed by atoms with Gasteiger partial charge >= 0.3 is 0 Å². The number of aliphatic hydroxyl groups excluding tert-OH is 1. The third kappa shape index (κ3) is 4.11. The maximum absolute atomic E-state index is 9.08. The van der Waals surface area contributed by atoms with Gasteiger partial charge in [0.15, 0.2) is 11.5 Å². The molecule has 0 bridgehead atoms. The van der Waals surface area contributed by atoms with Gasteiger partial charge < -0.3 is 24.0 Å². The first-order valence-electron chi connectivity index (χ1n) is 10.5. The molecule has 7 heteroatoms. The molecule has 0 radical (unpaired) electrons. The molecule has 0 amide bonds. The molecular formula is C23H27N3O4. The normalized spacial score (nSPS) is 12.8. The average Bonchev–Trinajstić information content (AvgIpc) is 3.41. The minimum Gasteiger partial charge on any atom is -0.490 e. The summed E-state index contributed by atoms with van der Waals surface area (Å²) in [5.74, 6) is 2.37. The predicted molar refractivity (Wildman–Crippen MR) is 115 cm³/mol. The van der Waals surface area contributed by atoms with Crippen molar-refractivity contribution in [2.45, 2.75) is 26.7 Å². The van der Waals surface area contributed by atoms with Gasteiger partial charge in [-0.1, -0.05) is 5.16 Å². The number of rotatable bonds is 9. The molecule has 0 spiro atoms. The number of aliphatic hydroxyl groups is 1. The van der Waals surface area contributed by atoms with Crippen LogP contribution in [0.15, 0.2) is 40.9 Å². The van der Waals surface area contributed by atoms with Gasteiger partial charge in [0.05, 0.1) is 13.2 Å². The standard InChI is InChI=1S/C23H27N3O4/c1-3-28-20-9-7-18(15-21(20)29-4-2)23-24-22(25-30-23)17-6-8-19-16(14-17)10-12-26(19)11-5-13-27/h6-9,14-15,27H,3-5,10-13H2,1-2H3. The summed E-state index contributed by atoms with van der Waals surface area (Å²) < 4.78 is 16.9. The van der Waals surface area contributed by atoms with Crippen molar-refractivity contribution in [3.8, 4) is 34.3 Å². The van der Waals surface area contributed by atoms with Crippen LogP contribution in [0, 0.1) is 0 Å². The zero-order valence-corrected chi connectivity index (χ0v) is 17.4. The third-order valence-corrected chi connectivity index (χ3v) is 5.13. The first kappa shape index (κ1) is 20.2. The maximum Gasteiger partial charge on any atom is 0.258 e. The monoisotopic (exact) mass is 409 g/mol. The van der Waals surface area contributed by atoms with E-state index in [0.717, 1.165) is 37.1 Å². The molecule has 0 aliphatic carbocycles. The lowest BCUT2D eigenvalue weighted by Crippen LogP contribution is -2.22. The largest absolute Gasteiger partial charge is 0.490 e. The molecule has 2 aromatic carbocycles. The molecule has 4 rings (SSSR count). The highest BCUT2D eigenvalue weighted by molar-refractivity contribution is 5.68. The van der Waals surface area contributed by atoms with Crippen molar-refractivity contribution in [2.24, 2.45) is 0 Å². The van der Waals surface area contributed by atoms with Crippen molar-refractivity contribution in [1.82, 2.24) is 10.1 Å². The number of fused-ring (bicyclic) bond motifs is 1. The second-order valence-corrected chi connectivity index (χ2v) is 7.11. The number of ether oxygens (including phenoxy) is 2. The van der Waals surface area contributed by atoms with E-state index in [4.69, 9.17) is 19.1 Å². The van der Waals surface area contributed by atoms with Crippen LogP contribution in [0.3, 0.4) is 0 Å². The first-order valence-corrected chi connectivity index (χ1v) is 10.5. The van der Waals surface area contributed by atoms with Crippen LogP contribution in [0.5, 0.6) is 11.5 Å². The molecule has 0 saturated carbocycles. The van der Waals surface area contributed by atoms with Crippen molar-refractivity contribution in [1.29, 1.82) is 0 Å². The second-order valence-electron chi connectivity index (χ2n) is 7.11. The Bertz CT molecular complexity index is 1000. The minimum absolute atomic E-state index is 0.214. The van der Waals surface area contributed by atoms with Gasteiger partial charge in [0.2, 0.25) is 5.82 Å². The van der Waals surface area contributed by atoms with Gasteiger partial charge in [-0.15, -0.1) is 0 Å². The topological polar surface area (TPSA) is 80.9 Å². The second kappa shape index (κ2) is 9.17. The van der Waals surface area contributed by atoms with Crippen molar-refractivity contribution >= 4 is 5.69 Å². The van der Waals surface area contributed by atoms with Crippen molar-refractivity contribution in [2.75, 3.05) is 37.8 Å². The van der Waals surface area contributed by atoms with Gasteiger partial charge in [-0.05, 0) is 68.7 Å². The number of aromatic nitrogens is 2. The lowest BCUT2D eigenvalue weighted by atomic mass is 10.1. The zero-order chi connectivity index (χ0) is 20.9. The Hall–Kier alpha value is -3.06. The Morgan fingerprint density at radius 2 is 1.83 bits per heavy atom. The molecule has 0 atom stereocenters. The van der Waals surface area contributed by atoms with Crippen LogP contribution in [-0.4, -0.2) is 48.2 Å². The molecule has 2 heterocycles. The quantitative estimate of drug-likeness (QED) is 0.573. The highest BCUT2D eigenvalue weighted by Crippen LogP contribution is 2.34. The fourth-order valence-corrected chi connectivity index (χ4v) is 3.75. The predicted octanol–water partition coefficient (Wildman–Crippen LogP) is 3.95. The molecule has 0 fully saturated rings. The van der Waals surface area contributed by atoms with Gasteiger partial charge in [0.1, 0.15) is 0 Å². The molecular weight excluding hydrogens is 382 g/mol. The highest BCUT2D eigenvalue weighted by Gasteiger charge is 2.20. The summed E-state index contributed by atoms with van der Waals surface area (Å²) >= 11 is 0.